The summed E-state index contributed by atoms with van der Waals surface area (Å²) in [7, 11) is 0.852. The van der Waals surface area contributed by atoms with Crippen molar-refractivity contribution < 1.29 is 41.3 Å². The number of nitrogen functional groups attached to an aromatic ring is 1. The van der Waals surface area contributed by atoms with E-state index in [0.29, 0.717) is 39.9 Å². The van der Waals surface area contributed by atoms with Gasteiger partial charge in [0.25, 0.3) is 0 Å². The number of aryl methyl sites for hydroxylation is 1. The third kappa shape index (κ3) is 8.33. The number of hydrogen-bond acceptors (Lipinski definition) is 12. The van der Waals surface area contributed by atoms with Gasteiger partial charge in [0.15, 0.2) is 5.82 Å². The van der Waals surface area contributed by atoms with E-state index < -0.39 is 28.3 Å². The molecule has 5 N–H and O–H groups in total. The standard InChI is InChI=1S/C24H26N8O4S.C2HF3O2/c1-14-28-23(31-24(25)29-14)19-11-16(12-27-22(19)30-17-7-10-20(36-4)26-13-17)21(33)15-5-8-18(9-6-15)37(34,35)32(2)3;3-2(4,5)1(6)7/h5-13,21,33H,1-4H3,(H,27,30)(H2,25,28,29,31);(H,6,7). The molecule has 1 unspecified atom stereocenters. The molecular formula is C26H27F3N8O6S. The lowest BCUT2D eigenvalue weighted by atomic mass is 10.0. The molecule has 0 aliphatic carbocycles. The number of ether oxygens (including phenoxy) is 1. The molecule has 3 aromatic heterocycles. The number of nitrogens with one attached hydrogen (secondary N) is 1. The number of carboxylic acids is 1. The van der Waals surface area contributed by atoms with Crippen LogP contribution in [-0.2, 0) is 14.8 Å². The number of hydrogen-bond donors (Lipinski definition) is 4. The van der Waals surface area contributed by atoms with Crippen LogP contribution in [0.5, 0.6) is 5.88 Å². The number of anilines is 3. The van der Waals surface area contributed by atoms with Crippen LogP contribution in [0.3, 0.4) is 0 Å². The molecule has 0 saturated heterocycles. The van der Waals surface area contributed by atoms with Crippen molar-refractivity contribution in [3.05, 3.63) is 71.8 Å². The lowest BCUT2D eigenvalue weighted by molar-refractivity contribution is -0.192. The quantitative estimate of drug-likeness (QED) is 0.220. The summed E-state index contributed by atoms with van der Waals surface area (Å²) in [6.45, 7) is 1.69. The lowest BCUT2D eigenvalue weighted by Crippen LogP contribution is -2.22. The second kappa shape index (κ2) is 13.6. The highest BCUT2D eigenvalue weighted by molar-refractivity contribution is 7.89. The Kier molecular flexibility index (Phi) is 10.4. The van der Waals surface area contributed by atoms with Crippen LogP contribution < -0.4 is 15.8 Å². The van der Waals surface area contributed by atoms with Gasteiger partial charge in [0.05, 0.1) is 29.5 Å². The summed E-state index contributed by atoms with van der Waals surface area (Å²) in [6.07, 6.45) is -3.09. The molecule has 0 radical (unpaired) electrons. The predicted octanol–water partition coefficient (Wildman–Crippen LogP) is 2.94. The van der Waals surface area contributed by atoms with Gasteiger partial charge in [0, 0.05) is 31.9 Å². The number of aliphatic hydroxyl groups is 1. The maximum Gasteiger partial charge on any atom is 0.490 e. The monoisotopic (exact) mass is 636 g/mol. The second-order valence-corrected chi connectivity index (χ2v) is 11.2. The average Bonchev–Trinajstić information content (AvgIpc) is 2.96. The third-order valence-electron chi connectivity index (χ3n) is 5.66. The average molecular weight is 637 g/mol. The highest BCUT2D eigenvalue weighted by atomic mass is 32.2. The van der Waals surface area contributed by atoms with Gasteiger partial charge < -0.3 is 26.0 Å². The normalized spacial score (nSPS) is 12.2. The molecule has 14 nitrogen and oxygen atoms in total. The molecule has 0 aliphatic rings. The zero-order valence-corrected chi connectivity index (χ0v) is 24.4. The largest absolute Gasteiger partial charge is 0.490 e. The topological polar surface area (TPSA) is 207 Å². The van der Waals surface area contributed by atoms with E-state index in [1.54, 1.807) is 43.5 Å². The van der Waals surface area contributed by atoms with Crippen molar-refractivity contribution in [3.63, 3.8) is 0 Å². The van der Waals surface area contributed by atoms with Crippen molar-refractivity contribution in [2.75, 3.05) is 32.3 Å². The van der Waals surface area contributed by atoms with Crippen LogP contribution in [0.1, 0.15) is 23.1 Å². The second-order valence-electron chi connectivity index (χ2n) is 9.01. The van der Waals surface area contributed by atoms with E-state index in [9.17, 15) is 26.7 Å². The van der Waals surface area contributed by atoms with E-state index in [0.717, 1.165) is 4.31 Å². The molecular weight excluding hydrogens is 609 g/mol. The number of carbonyl (C=O) groups is 1. The zero-order chi connectivity index (χ0) is 32.8. The predicted molar refractivity (Wildman–Crippen MR) is 151 cm³/mol. The molecule has 4 aromatic rings. The number of pyridine rings is 2. The Bertz CT molecular complexity index is 1700. The van der Waals surface area contributed by atoms with E-state index in [2.05, 4.69) is 30.2 Å². The SMILES string of the molecule is COc1ccc(Nc2ncc(C(O)c3ccc(S(=O)(=O)N(C)C)cc3)cc2-c2nc(C)nc(N)n2)cn1.O=C(O)C(F)(F)F. The van der Waals surface area contributed by atoms with Gasteiger partial charge in [0.1, 0.15) is 17.7 Å². The van der Waals surface area contributed by atoms with Gasteiger partial charge in [-0.3, -0.25) is 0 Å². The van der Waals surface area contributed by atoms with Crippen LogP contribution in [-0.4, -0.2) is 81.2 Å². The Morgan fingerprint density at radius 2 is 1.66 bits per heavy atom. The van der Waals surface area contributed by atoms with Crippen LogP contribution in [0.4, 0.5) is 30.6 Å². The van der Waals surface area contributed by atoms with Crippen LogP contribution in [0.15, 0.2) is 59.8 Å². The molecule has 3 heterocycles. The van der Waals surface area contributed by atoms with E-state index in [-0.39, 0.29) is 16.7 Å². The number of nitrogens with two attached hydrogens (primary N) is 1. The molecule has 1 atom stereocenters. The number of methoxy groups -OCH3 is 1. The minimum Gasteiger partial charge on any atom is -0.481 e. The number of nitrogens with zero attached hydrogens (tertiary/aromatic N) is 6. The van der Waals surface area contributed by atoms with E-state index in [1.165, 1.54) is 39.5 Å². The summed E-state index contributed by atoms with van der Waals surface area (Å²) in [4.78, 5) is 30.4. The molecule has 0 amide bonds. The van der Waals surface area contributed by atoms with Crippen LogP contribution in [0.25, 0.3) is 11.4 Å². The maximum absolute atomic E-state index is 12.4. The number of aliphatic hydroxyl groups excluding tert-OH is 1. The van der Waals surface area contributed by atoms with Gasteiger partial charge in [-0.2, -0.15) is 23.1 Å². The molecule has 4 rings (SSSR count). The Hall–Kier alpha value is -4.94. The van der Waals surface area contributed by atoms with Crippen LogP contribution in [0.2, 0.25) is 0 Å². The number of aliphatic carboxylic acids is 1. The first kappa shape index (κ1) is 33.6. The molecule has 0 spiro atoms. The van der Waals surface area contributed by atoms with Crippen molar-refractivity contribution in [2.24, 2.45) is 0 Å². The molecule has 234 valence electrons. The van der Waals surface area contributed by atoms with Gasteiger partial charge >= 0.3 is 12.1 Å². The fraction of sp³-hybridized carbons (Fsp3) is 0.231. The first-order chi connectivity index (χ1) is 20.5. The van der Waals surface area contributed by atoms with Crippen molar-refractivity contribution in [1.29, 1.82) is 0 Å². The zero-order valence-electron chi connectivity index (χ0n) is 23.6. The van der Waals surface area contributed by atoms with E-state index in [1.807, 2.05) is 0 Å². The molecule has 0 bridgehead atoms. The molecule has 0 saturated carbocycles. The summed E-state index contributed by atoms with van der Waals surface area (Å²) in [6, 6.07) is 11.2. The molecule has 44 heavy (non-hydrogen) atoms. The van der Waals surface area contributed by atoms with Crippen LogP contribution in [0, 0.1) is 6.92 Å². The fourth-order valence-electron chi connectivity index (χ4n) is 3.46. The van der Waals surface area contributed by atoms with Gasteiger partial charge in [-0.05, 0) is 36.8 Å². The van der Waals surface area contributed by atoms with Crippen molar-refractivity contribution >= 4 is 33.4 Å². The summed E-state index contributed by atoms with van der Waals surface area (Å²) in [5.41, 5.74) is 7.89. The van der Waals surface area contributed by atoms with Crippen molar-refractivity contribution in [1.82, 2.24) is 29.2 Å². The minimum absolute atomic E-state index is 0.0446. The number of benzene rings is 1. The minimum atomic E-state index is -5.08. The summed E-state index contributed by atoms with van der Waals surface area (Å²) >= 11 is 0. The molecule has 0 fully saturated rings. The van der Waals surface area contributed by atoms with Gasteiger partial charge in [-0.25, -0.2) is 32.5 Å². The summed E-state index contributed by atoms with van der Waals surface area (Å²) in [5.74, 6) is -1.16. The van der Waals surface area contributed by atoms with Crippen LogP contribution >= 0.6 is 0 Å². The maximum atomic E-state index is 12.4. The smallest absolute Gasteiger partial charge is 0.481 e. The number of halogens is 3. The lowest BCUT2D eigenvalue weighted by Gasteiger charge is -2.17. The molecule has 18 heteroatoms. The Morgan fingerprint density at radius 1 is 1.02 bits per heavy atom. The Balaban J connectivity index is 0.000000676. The van der Waals surface area contributed by atoms with Gasteiger partial charge in [-0.1, -0.05) is 12.1 Å². The van der Waals surface area contributed by atoms with Gasteiger partial charge in [-0.15, -0.1) is 0 Å². The van der Waals surface area contributed by atoms with Gasteiger partial charge in [0.2, 0.25) is 21.9 Å². The van der Waals surface area contributed by atoms with Crippen molar-refractivity contribution in [2.45, 2.75) is 24.1 Å². The highest BCUT2D eigenvalue weighted by Gasteiger charge is 2.38. The Labute approximate surface area is 249 Å². The Morgan fingerprint density at radius 3 is 2.16 bits per heavy atom. The number of alkyl halides is 3. The molecule has 1 aromatic carbocycles. The first-order valence-corrected chi connectivity index (χ1v) is 13.7. The van der Waals surface area contributed by atoms with E-state index in [4.69, 9.17) is 20.4 Å². The number of aromatic nitrogens is 5. The number of rotatable bonds is 8. The summed E-state index contributed by atoms with van der Waals surface area (Å²) in [5, 5.41) is 21.4. The number of sulfonamides is 1. The van der Waals surface area contributed by atoms with E-state index >= 15 is 0 Å². The first-order valence-electron chi connectivity index (χ1n) is 12.3. The fourth-order valence-corrected chi connectivity index (χ4v) is 4.36. The third-order valence-corrected chi connectivity index (χ3v) is 7.48. The highest BCUT2D eigenvalue weighted by Crippen LogP contribution is 2.32. The van der Waals surface area contributed by atoms with Crippen molar-refractivity contribution in [3.8, 4) is 17.3 Å². The number of carboxylic acid groups (broad SMARTS) is 1. The summed E-state index contributed by atoms with van der Waals surface area (Å²) < 4.78 is 62.7. The molecule has 0 aliphatic heterocycles.